The molecule has 8 nitrogen and oxygen atoms in total. The Morgan fingerprint density at radius 2 is 2.10 bits per heavy atom. The van der Waals surface area contributed by atoms with Crippen LogP contribution in [0.5, 0.6) is 0 Å². The second kappa shape index (κ2) is 7.82. The van der Waals surface area contributed by atoms with Crippen LogP contribution in [0.15, 0.2) is 23.3 Å². The largest absolute Gasteiger partial charge is 0.428 e. The Hall–Kier alpha value is -3.18. The third-order valence-electron chi connectivity index (χ3n) is 5.15. The Morgan fingerprint density at radius 3 is 2.65 bits per heavy atom. The van der Waals surface area contributed by atoms with Crippen molar-refractivity contribution in [3.63, 3.8) is 0 Å². The zero-order valence-electron chi connectivity index (χ0n) is 16.8. The van der Waals surface area contributed by atoms with Gasteiger partial charge in [0.2, 0.25) is 5.92 Å². The molecule has 2 aromatic rings. The number of halogens is 4. The molecule has 1 fully saturated rings. The molecule has 0 bridgehead atoms. The summed E-state index contributed by atoms with van der Waals surface area (Å²) in [4.78, 5) is 28.0. The fourth-order valence-corrected chi connectivity index (χ4v) is 3.72. The van der Waals surface area contributed by atoms with Crippen molar-refractivity contribution in [3.05, 3.63) is 46.3 Å². The van der Waals surface area contributed by atoms with Crippen LogP contribution in [0.25, 0.3) is 0 Å². The molecule has 0 spiro atoms. The number of hydrogen-bond donors (Lipinski definition) is 2. The van der Waals surface area contributed by atoms with Gasteiger partial charge in [-0.15, -0.1) is 0 Å². The number of alkyl halides is 4. The van der Waals surface area contributed by atoms with Crippen LogP contribution in [0.3, 0.4) is 0 Å². The first-order valence-corrected chi connectivity index (χ1v) is 9.43. The quantitative estimate of drug-likeness (QED) is 0.546. The van der Waals surface area contributed by atoms with Crippen molar-refractivity contribution in [1.29, 1.82) is 0 Å². The number of hydrogen-bond acceptors (Lipinski definition) is 4. The molecule has 0 saturated heterocycles. The number of rotatable bonds is 5. The molecule has 0 radical (unpaired) electrons. The normalized spacial score (nSPS) is 19.0. The van der Waals surface area contributed by atoms with Gasteiger partial charge in [-0.25, -0.2) is 13.8 Å². The van der Waals surface area contributed by atoms with Gasteiger partial charge in [-0.2, -0.15) is 18.6 Å². The van der Waals surface area contributed by atoms with Crippen LogP contribution in [-0.4, -0.2) is 37.5 Å². The topological polar surface area (TPSA) is 116 Å². The smallest absolute Gasteiger partial charge is 0.296 e. The monoisotopic (exact) mass is 443 g/mol. The molecule has 0 unspecified atom stereocenters. The molecule has 1 saturated carbocycles. The van der Waals surface area contributed by atoms with E-state index in [4.69, 9.17) is 5.73 Å². The summed E-state index contributed by atoms with van der Waals surface area (Å²) in [5, 5.41) is 13.3. The molecule has 0 aliphatic heterocycles. The maximum absolute atomic E-state index is 14.0. The standard InChI is InChI=1S/C19H21F4N5O3/c1-10-14(17(30)25-12-4-6-28(31)13(7-12)16(24)29)27(26-15(10)18(2,20)21)9-11-3-5-19(22,23)8-11/h4,6-7,11,31H,3,5,8-9H2,1-2H3,(H2,24,29)/t11-/m0/s1. The van der Waals surface area contributed by atoms with Crippen molar-refractivity contribution < 1.29 is 32.4 Å². The summed E-state index contributed by atoms with van der Waals surface area (Å²) in [5.74, 6) is -8.67. The van der Waals surface area contributed by atoms with Gasteiger partial charge in [0.1, 0.15) is 17.1 Å². The first kappa shape index (κ1) is 22.5. The van der Waals surface area contributed by atoms with E-state index < -0.39 is 41.7 Å². The molecular weight excluding hydrogens is 422 g/mol. The fourth-order valence-electron chi connectivity index (χ4n) is 3.72. The number of primary amides is 1. The van der Waals surface area contributed by atoms with Crippen molar-refractivity contribution in [3.8, 4) is 0 Å². The molecule has 168 valence electrons. The second-order valence-corrected chi connectivity index (χ2v) is 7.75. The highest BCUT2D eigenvalue weighted by Crippen LogP contribution is 2.40. The number of nitrogens with zero attached hydrogens (tertiary/aromatic N) is 4. The zero-order chi connectivity index (χ0) is 23.1. The predicted octanol–water partition coefficient (Wildman–Crippen LogP) is 2.62. The van der Waals surface area contributed by atoms with Gasteiger partial charge in [0.05, 0.1) is 5.36 Å². The molecule has 3 rings (SSSR count). The first-order chi connectivity index (χ1) is 14.3. The Kier molecular flexibility index (Phi) is 5.68. The van der Waals surface area contributed by atoms with E-state index in [1.807, 2.05) is 0 Å². The SMILES string of the molecule is Cc1c(C(C)(F)F)nn(C[C@H]2CCC(F)(F)C2)c1C(=O)N=c1ccn(O)c(C(N)=O)c1. The van der Waals surface area contributed by atoms with Gasteiger partial charge >= 0.3 is 0 Å². The molecule has 3 N–H and O–H groups in total. The van der Waals surface area contributed by atoms with Crippen molar-refractivity contribution >= 4 is 11.8 Å². The maximum atomic E-state index is 14.0. The highest BCUT2D eigenvalue weighted by Gasteiger charge is 2.41. The van der Waals surface area contributed by atoms with Crippen LogP contribution in [-0.2, 0) is 12.5 Å². The van der Waals surface area contributed by atoms with E-state index in [1.165, 1.54) is 13.0 Å². The zero-order valence-corrected chi connectivity index (χ0v) is 16.8. The lowest BCUT2D eigenvalue weighted by molar-refractivity contribution is 0.00344. The van der Waals surface area contributed by atoms with E-state index in [0.717, 1.165) is 16.9 Å². The first-order valence-electron chi connectivity index (χ1n) is 9.43. The maximum Gasteiger partial charge on any atom is 0.296 e. The Morgan fingerprint density at radius 1 is 1.42 bits per heavy atom. The number of nitrogens with two attached hydrogens (primary N) is 1. The lowest BCUT2D eigenvalue weighted by Crippen LogP contribution is -2.22. The lowest BCUT2D eigenvalue weighted by Gasteiger charge is -2.12. The van der Waals surface area contributed by atoms with E-state index >= 15 is 0 Å². The molecule has 12 heteroatoms. The summed E-state index contributed by atoms with van der Waals surface area (Å²) in [7, 11) is 0. The van der Waals surface area contributed by atoms with Crippen LogP contribution < -0.4 is 11.1 Å². The summed E-state index contributed by atoms with van der Waals surface area (Å²) in [6.45, 7) is 1.77. The number of aromatic nitrogens is 3. The number of carbonyl (C=O) groups excluding carboxylic acids is 2. The second-order valence-electron chi connectivity index (χ2n) is 7.75. The summed E-state index contributed by atoms with van der Waals surface area (Å²) >= 11 is 0. The van der Waals surface area contributed by atoms with Crippen LogP contribution in [0.4, 0.5) is 17.6 Å². The third-order valence-corrected chi connectivity index (χ3v) is 5.15. The van der Waals surface area contributed by atoms with Crippen LogP contribution in [0.1, 0.15) is 58.4 Å². The summed E-state index contributed by atoms with van der Waals surface area (Å²) < 4.78 is 56.6. The van der Waals surface area contributed by atoms with Gasteiger partial charge in [0.15, 0.2) is 0 Å². The molecule has 2 heterocycles. The fraction of sp³-hybridized carbons (Fsp3) is 0.474. The van der Waals surface area contributed by atoms with Crippen molar-refractivity contribution in [2.24, 2.45) is 16.6 Å². The Bertz CT molecular complexity index is 1100. The van der Waals surface area contributed by atoms with E-state index in [9.17, 15) is 32.4 Å². The van der Waals surface area contributed by atoms with Gasteiger partial charge in [-0.3, -0.25) is 14.3 Å². The van der Waals surface area contributed by atoms with Crippen LogP contribution >= 0.6 is 0 Å². The molecule has 1 aliphatic rings. The van der Waals surface area contributed by atoms with Crippen molar-refractivity contribution in [2.75, 3.05) is 0 Å². The number of pyridine rings is 1. The average molecular weight is 443 g/mol. The molecule has 1 aliphatic carbocycles. The van der Waals surface area contributed by atoms with Crippen LogP contribution in [0, 0.1) is 12.8 Å². The van der Waals surface area contributed by atoms with E-state index in [1.54, 1.807) is 0 Å². The predicted molar refractivity (Wildman–Crippen MR) is 98.8 cm³/mol. The van der Waals surface area contributed by atoms with Gasteiger partial charge in [0.25, 0.3) is 17.7 Å². The lowest BCUT2D eigenvalue weighted by atomic mass is 10.1. The van der Waals surface area contributed by atoms with E-state index in [0.29, 0.717) is 11.7 Å². The van der Waals surface area contributed by atoms with Gasteiger partial charge in [0, 0.05) is 38.1 Å². The molecule has 1 atom stereocenters. The summed E-state index contributed by atoms with van der Waals surface area (Å²) in [5.41, 5.74) is 3.76. The van der Waals surface area contributed by atoms with E-state index in [-0.39, 0.29) is 41.7 Å². The average Bonchev–Trinajstić information content (AvgIpc) is 3.15. The molecule has 31 heavy (non-hydrogen) atoms. The molecule has 2 aromatic heterocycles. The summed E-state index contributed by atoms with van der Waals surface area (Å²) in [6, 6.07) is 2.25. The van der Waals surface area contributed by atoms with Gasteiger partial charge in [-0.1, -0.05) is 0 Å². The molecule has 2 amide bonds. The Labute approximate surface area is 174 Å². The highest BCUT2D eigenvalue weighted by atomic mass is 19.3. The van der Waals surface area contributed by atoms with Crippen molar-refractivity contribution in [1.82, 2.24) is 14.5 Å². The summed E-state index contributed by atoms with van der Waals surface area (Å²) in [6.07, 6.45) is 0.462. The molecule has 0 aromatic carbocycles. The minimum absolute atomic E-state index is 0.0616. The number of carbonyl (C=O) groups is 2. The minimum atomic E-state index is -3.36. The Balaban J connectivity index is 2.04. The third kappa shape index (κ3) is 4.78. The van der Waals surface area contributed by atoms with Gasteiger partial charge in [-0.05, 0) is 31.4 Å². The van der Waals surface area contributed by atoms with Crippen molar-refractivity contribution in [2.45, 2.75) is 51.5 Å². The number of amides is 2. The minimum Gasteiger partial charge on any atom is -0.428 e. The molecular formula is C19H21F4N5O3. The van der Waals surface area contributed by atoms with E-state index in [2.05, 4.69) is 10.1 Å². The van der Waals surface area contributed by atoms with Crippen LogP contribution in [0.2, 0.25) is 0 Å². The van der Waals surface area contributed by atoms with Gasteiger partial charge < -0.3 is 10.9 Å². The highest BCUT2D eigenvalue weighted by molar-refractivity contribution is 5.95.